The highest BCUT2D eigenvalue weighted by Crippen LogP contribution is 2.42. The van der Waals surface area contributed by atoms with Crippen molar-refractivity contribution in [2.24, 2.45) is 0 Å². The average molecular weight is 296 g/mol. The number of hydrogen-bond donors (Lipinski definition) is 0. The Morgan fingerprint density at radius 3 is 2.42 bits per heavy atom. The molecule has 3 nitrogen and oxygen atoms in total. The van der Waals surface area contributed by atoms with E-state index in [1.807, 2.05) is 12.1 Å². The molecule has 0 aromatic heterocycles. The molecule has 19 heavy (non-hydrogen) atoms. The third-order valence-electron chi connectivity index (χ3n) is 3.18. The molecule has 0 aliphatic heterocycles. The van der Waals surface area contributed by atoms with E-state index in [9.17, 15) is 5.26 Å². The molecule has 1 aromatic rings. The van der Waals surface area contributed by atoms with Crippen LogP contribution >= 0.6 is 11.6 Å². The topological polar surface area (TPSA) is 42.2 Å². The summed E-state index contributed by atoms with van der Waals surface area (Å²) < 4.78 is 11.5. The van der Waals surface area contributed by atoms with Gasteiger partial charge < -0.3 is 9.16 Å². The quantitative estimate of drug-likeness (QED) is 0.801. The van der Waals surface area contributed by atoms with E-state index in [2.05, 4.69) is 25.7 Å². The zero-order valence-corrected chi connectivity index (χ0v) is 13.5. The summed E-state index contributed by atoms with van der Waals surface area (Å²) in [6, 6.07) is 6.03. The van der Waals surface area contributed by atoms with E-state index in [0.29, 0.717) is 17.9 Å². The third-order valence-corrected chi connectivity index (χ3v) is 4.54. The minimum absolute atomic E-state index is 0.541. The van der Waals surface area contributed by atoms with Crippen LogP contribution in [-0.2, 0) is 17.3 Å². The first-order chi connectivity index (χ1) is 8.80. The number of halogens is 1. The molecule has 0 fully saturated rings. The first-order valence-electron chi connectivity index (χ1n) is 6.26. The van der Waals surface area contributed by atoms with Crippen molar-refractivity contribution in [2.45, 2.75) is 38.1 Å². The van der Waals surface area contributed by atoms with Crippen molar-refractivity contribution >= 4 is 19.9 Å². The van der Waals surface area contributed by atoms with Crippen molar-refractivity contribution in [1.82, 2.24) is 0 Å². The van der Waals surface area contributed by atoms with Gasteiger partial charge in [-0.15, -0.1) is 0 Å². The summed E-state index contributed by atoms with van der Waals surface area (Å²) in [5.74, 6) is 0.788. The van der Waals surface area contributed by atoms with E-state index < -0.39 is 13.9 Å². The Bertz CT molecular complexity index is 548. The lowest BCUT2D eigenvalue weighted by Crippen LogP contribution is -2.42. The number of nitrogens with zero attached hydrogens (tertiary/aromatic N) is 1. The van der Waals surface area contributed by atoms with E-state index in [4.69, 9.17) is 20.8 Å². The van der Waals surface area contributed by atoms with Crippen LogP contribution in [0.25, 0.3) is 0 Å². The lowest BCUT2D eigenvalue weighted by molar-refractivity contribution is 0.131. The van der Waals surface area contributed by atoms with Crippen LogP contribution in [0.2, 0.25) is 24.7 Å². The van der Waals surface area contributed by atoms with Crippen molar-refractivity contribution in [3.05, 3.63) is 28.3 Å². The SMILES string of the molecule is COc1ccc(Cl)c2c1CC(C#N)(O[Si](C)(C)C)C2. The summed E-state index contributed by atoms with van der Waals surface area (Å²) >= 11 is 6.24. The van der Waals surface area contributed by atoms with Crippen molar-refractivity contribution in [3.8, 4) is 11.8 Å². The van der Waals surface area contributed by atoms with Gasteiger partial charge in [-0.05, 0) is 37.3 Å². The molecule has 0 spiro atoms. The maximum Gasteiger partial charge on any atom is 0.185 e. The van der Waals surface area contributed by atoms with Crippen LogP contribution in [0.3, 0.4) is 0 Å². The lowest BCUT2D eigenvalue weighted by Gasteiger charge is -2.30. The predicted molar refractivity (Wildman–Crippen MR) is 78.2 cm³/mol. The highest BCUT2D eigenvalue weighted by Gasteiger charge is 2.44. The molecule has 1 aliphatic carbocycles. The minimum Gasteiger partial charge on any atom is -0.496 e. The van der Waals surface area contributed by atoms with Crippen molar-refractivity contribution in [1.29, 1.82) is 5.26 Å². The minimum atomic E-state index is -1.81. The highest BCUT2D eigenvalue weighted by molar-refractivity contribution is 6.69. The van der Waals surface area contributed by atoms with Gasteiger partial charge in [0, 0.05) is 23.4 Å². The number of rotatable bonds is 3. The predicted octanol–water partition coefficient (Wildman–Crippen LogP) is 3.56. The van der Waals surface area contributed by atoms with E-state index in [-0.39, 0.29) is 0 Å². The standard InChI is InChI=1S/C14H18ClNO2Si/c1-17-13-6-5-12(15)10-7-14(9-16,8-11(10)13)18-19(2,3)4/h5-6H,7-8H2,1-4H3. The zero-order chi connectivity index (χ0) is 14.3. The van der Waals surface area contributed by atoms with E-state index in [0.717, 1.165) is 16.9 Å². The molecule has 0 heterocycles. The molecule has 0 amide bonds. The number of benzene rings is 1. The van der Waals surface area contributed by atoms with Gasteiger partial charge in [-0.3, -0.25) is 0 Å². The van der Waals surface area contributed by atoms with Gasteiger partial charge in [-0.2, -0.15) is 5.26 Å². The van der Waals surface area contributed by atoms with Gasteiger partial charge in [0.25, 0.3) is 0 Å². The van der Waals surface area contributed by atoms with Crippen molar-refractivity contribution in [3.63, 3.8) is 0 Å². The third kappa shape index (κ3) is 2.79. The number of fused-ring (bicyclic) bond motifs is 1. The summed E-state index contributed by atoms with van der Waals surface area (Å²) in [5.41, 5.74) is 1.21. The molecule has 102 valence electrons. The van der Waals surface area contributed by atoms with Gasteiger partial charge in [-0.1, -0.05) is 11.6 Å². The molecule has 0 N–H and O–H groups in total. The second-order valence-electron chi connectivity index (χ2n) is 5.88. The molecule has 1 aliphatic rings. The van der Waals surface area contributed by atoms with Gasteiger partial charge in [0.05, 0.1) is 13.2 Å². The second-order valence-corrected chi connectivity index (χ2v) is 10.7. The molecule has 1 aromatic carbocycles. The van der Waals surface area contributed by atoms with E-state index in [1.165, 1.54) is 0 Å². The van der Waals surface area contributed by atoms with Gasteiger partial charge >= 0.3 is 0 Å². The van der Waals surface area contributed by atoms with Crippen LogP contribution in [-0.4, -0.2) is 21.0 Å². The van der Waals surface area contributed by atoms with Crippen molar-refractivity contribution < 1.29 is 9.16 Å². The molecule has 0 radical (unpaired) electrons. The Morgan fingerprint density at radius 2 is 1.89 bits per heavy atom. The van der Waals surface area contributed by atoms with E-state index in [1.54, 1.807) is 7.11 Å². The Hall–Kier alpha value is -1.02. The monoisotopic (exact) mass is 295 g/mol. The molecule has 2 rings (SSSR count). The second kappa shape index (κ2) is 4.82. The molecule has 5 heteroatoms. The van der Waals surface area contributed by atoms with Crippen LogP contribution in [0, 0.1) is 11.3 Å². The summed E-state index contributed by atoms with van der Waals surface area (Å²) in [6.07, 6.45) is 1.09. The van der Waals surface area contributed by atoms with Crippen LogP contribution < -0.4 is 4.74 Å². The molecular formula is C14H18ClNO2Si. The molecule has 0 bridgehead atoms. The summed E-state index contributed by atoms with van der Waals surface area (Å²) in [4.78, 5) is 0. The number of nitriles is 1. The Labute approximate surface area is 120 Å². The Morgan fingerprint density at radius 1 is 1.26 bits per heavy atom. The molecule has 0 saturated carbocycles. The average Bonchev–Trinajstić information content (AvgIpc) is 2.68. The van der Waals surface area contributed by atoms with Crippen LogP contribution in [0.15, 0.2) is 12.1 Å². The van der Waals surface area contributed by atoms with Gasteiger partial charge in [0.2, 0.25) is 0 Å². The van der Waals surface area contributed by atoms with Gasteiger partial charge in [0.15, 0.2) is 13.9 Å². The first kappa shape index (κ1) is 14.4. The lowest BCUT2D eigenvalue weighted by atomic mass is 10.0. The number of hydrogen-bond acceptors (Lipinski definition) is 3. The zero-order valence-electron chi connectivity index (χ0n) is 11.7. The molecule has 1 unspecified atom stereocenters. The maximum absolute atomic E-state index is 9.57. The van der Waals surface area contributed by atoms with Crippen LogP contribution in [0.4, 0.5) is 0 Å². The molecular weight excluding hydrogens is 278 g/mol. The smallest absolute Gasteiger partial charge is 0.185 e. The van der Waals surface area contributed by atoms with Crippen molar-refractivity contribution in [2.75, 3.05) is 7.11 Å². The molecule has 0 saturated heterocycles. The Kier molecular flexibility index (Phi) is 3.65. The van der Waals surface area contributed by atoms with E-state index >= 15 is 0 Å². The highest BCUT2D eigenvalue weighted by atomic mass is 35.5. The van der Waals surface area contributed by atoms with Gasteiger partial charge in [0.1, 0.15) is 5.75 Å². The number of ether oxygens (including phenoxy) is 1. The normalized spacial score (nSPS) is 21.9. The van der Waals surface area contributed by atoms with Crippen LogP contribution in [0.5, 0.6) is 5.75 Å². The maximum atomic E-state index is 9.57. The van der Waals surface area contributed by atoms with Crippen LogP contribution in [0.1, 0.15) is 11.1 Å². The number of methoxy groups -OCH3 is 1. The summed E-state index contributed by atoms with van der Waals surface area (Å²) in [7, 11) is -0.172. The first-order valence-corrected chi connectivity index (χ1v) is 10.0. The fraction of sp³-hybridized carbons (Fsp3) is 0.500. The summed E-state index contributed by atoms with van der Waals surface area (Å²) in [5, 5.41) is 10.3. The molecule has 1 atom stereocenters. The van der Waals surface area contributed by atoms with Gasteiger partial charge in [-0.25, -0.2) is 0 Å². The fourth-order valence-electron chi connectivity index (χ4n) is 2.61. The largest absolute Gasteiger partial charge is 0.496 e. The Balaban J connectivity index is 2.43. The fourth-order valence-corrected chi connectivity index (χ4v) is 4.22. The summed E-state index contributed by atoms with van der Waals surface area (Å²) in [6.45, 7) is 6.27.